The van der Waals surface area contributed by atoms with Crippen LogP contribution < -0.4 is 0 Å². The lowest BCUT2D eigenvalue weighted by Gasteiger charge is -2.33. The molecule has 2 aliphatic rings. The summed E-state index contributed by atoms with van der Waals surface area (Å²) in [6, 6.07) is 0. The molecule has 1 saturated heterocycles. The van der Waals surface area contributed by atoms with Crippen molar-refractivity contribution >= 4 is 15.6 Å². The summed E-state index contributed by atoms with van der Waals surface area (Å²) < 4.78 is 23.2. The van der Waals surface area contributed by atoms with E-state index < -0.39 is 9.84 Å². The highest BCUT2D eigenvalue weighted by Crippen LogP contribution is 2.32. The van der Waals surface area contributed by atoms with E-state index in [1.54, 1.807) is 0 Å². The summed E-state index contributed by atoms with van der Waals surface area (Å²) in [5.74, 6) is 2.34. The van der Waals surface area contributed by atoms with Gasteiger partial charge in [0.25, 0.3) is 0 Å². The average molecular weight is 301 g/mol. The standard InChI is InChI=1S/C15H27NO3S/c1-12(2)13-4-5-15(17)14(10-13)11-16-6-3-8-20(18,19)9-7-16/h12-14H,3-11H2,1-2H3. The Hall–Kier alpha value is -0.420. The molecule has 0 aromatic heterocycles. The molecule has 2 fully saturated rings. The molecule has 116 valence electrons. The largest absolute Gasteiger partial charge is 0.302 e. The third kappa shape index (κ3) is 4.29. The van der Waals surface area contributed by atoms with Crippen molar-refractivity contribution < 1.29 is 13.2 Å². The van der Waals surface area contributed by atoms with Crippen LogP contribution >= 0.6 is 0 Å². The number of nitrogens with zero attached hydrogens (tertiary/aromatic N) is 1. The predicted molar refractivity (Wildman–Crippen MR) is 80.4 cm³/mol. The van der Waals surface area contributed by atoms with E-state index in [4.69, 9.17) is 0 Å². The van der Waals surface area contributed by atoms with Crippen molar-refractivity contribution in [3.05, 3.63) is 0 Å². The van der Waals surface area contributed by atoms with Crippen LogP contribution in [-0.4, -0.2) is 50.2 Å². The number of rotatable bonds is 3. The molecular weight excluding hydrogens is 274 g/mol. The van der Waals surface area contributed by atoms with Gasteiger partial charge in [0.2, 0.25) is 0 Å². The highest BCUT2D eigenvalue weighted by atomic mass is 32.2. The number of sulfone groups is 1. The summed E-state index contributed by atoms with van der Waals surface area (Å²) in [4.78, 5) is 14.3. The molecule has 4 nitrogen and oxygen atoms in total. The first kappa shape index (κ1) is 16.0. The third-order valence-electron chi connectivity index (χ3n) is 4.87. The Labute approximate surface area is 122 Å². The molecule has 0 N–H and O–H groups in total. The number of ketones is 1. The SMILES string of the molecule is CC(C)C1CCC(=O)C(CN2CCCS(=O)(=O)CC2)C1. The molecule has 0 radical (unpaired) electrons. The van der Waals surface area contributed by atoms with Crippen LogP contribution in [0.3, 0.4) is 0 Å². The Morgan fingerprint density at radius 1 is 1.25 bits per heavy atom. The van der Waals surface area contributed by atoms with E-state index in [2.05, 4.69) is 18.7 Å². The number of carbonyl (C=O) groups excluding carboxylic acids is 1. The van der Waals surface area contributed by atoms with Crippen LogP contribution in [0.4, 0.5) is 0 Å². The zero-order valence-electron chi connectivity index (χ0n) is 12.7. The second kappa shape index (κ2) is 6.56. The number of carbonyl (C=O) groups is 1. The molecular formula is C15H27NO3S. The van der Waals surface area contributed by atoms with Gasteiger partial charge in [-0.1, -0.05) is 13.8 Å². The Morgan fingerprint density at radius 2 is 2.00 bits per heavy atom. The quantitative estimate of drug-likeness (QED) is 0.797. The summed E-state index contributed by atoms with van der Waals surface area (Å²) >= 11 is 0. The molecule has 0 spiro atoms. The van der Waals surface area contributed by atoms with E-state index in [0.29, 0.717) is 42.8 Å². The molecule has 20 heavy (non-hydrogen) atoms. The summed E-state index contributed by atoms with van der Waals surface area (Å²) in [5, 5.41) is 0. The highest BCUT2D eigenvalue weighted by molar-refractivity contribution is 7.91. The fraction of sp³-hybridized carbons (Fsp3) is 0.933. The summed E-state index contributed by atoms with van der Waals surface area (Å²) in [7, 11) is -2.86. The lowest BCUT2D eigenvalue weighted by atomic mass is 9.75. The zero-order valence-corrected chi connectivity index (χ0v) is 13.5. The summed E-state index contributed by atoms with van der Waals surface area (Å²) in [6.45, 7) is 6.64. The number of hydrogen-bond acceptors (Lipinski definition) is 4. The third-order valence-corrected chi connectivity index (χ3v) is 6.59. The van der Waals surface area contributed by atoms with Gasteiger partial charge in [0, 0.05) is 25.4 Å². The molecule has 1 aliphatic carbocycles. The smallest absolute Gasteiger partial charge is 0.151 e. The Bertz CT molecular complexity index is 444. The van der Waals surface area contributed by atoms with Crippen molar-refractivity contribution in [1.29, 1.82) is 0 Å². The highest BCUT2D eigenvalue weighted by Gasteiger charge is 2.32. The van der Waals surface area contributed by atoms with Gasteiger partial charge in [-0.3, -0.25) is 4.79 Å². The molecule has 1 heterocycles. The second-order valence-electron chi connectivity index (χ2n) is 6.75. The van der Waals surface area contributed by atoms with Gasteiger partial charge in [-0.25, -0.2) is 8.42 Å². The summed E-state index contributed by atoms with van der Waals surface area (Å²) in [6.07, 6.45) is 3.43. The summed E-state index contributed by atoms with van der Waals surface area (Å²) in [5.41, 5.74) is 0. The topological polar surface area (TPSA) is 54.5 Å². The monoisotopic (exact) mass is 301 g/mol. The first-order valence-electron chi connectivity index (χ1n) is 7.83. The Morgan fingerprint density at radius 3 is 2.70 bits per heavy atom. The van der Waals surface area contributed by atoms with E-state index >= 15 is 0 Å². The van der Waals surface area contributed by atoms with Gasteiger partial charge in [0.05, 0.1) is 11.5 Å². The fourth-order valence-corrected chi connectivity index (χ4v) is 4.72. The first-order valence-corrected chi connectivity index (χ1v) is 9.65. The Balaban J connectivity index is 1.92. The van der Waals surface area contributed by atoms with Gasteiger partial charge in [-0.05, 0) is 37.6 Å². The molecule has 0 aromatic carbocycles. The van der Waals surface area contributed by atoms with Gasteiger partial charge < -0.3 is 4.90 Å². The molecule has 2 rings (SSSR count). The Kier molecular flexibility index (Phi) is 5.24. The van der Waals surface area contributed by atoms with Crippen LogP contribution in [-0.2, 0) is 14.6 Å². The lowest BCUT2D eigenvalue weighted by molar-refractivity contribution is -0.126. The van der Waals surface area contributed by atoms with Crippen molar-refractivity contribution in [2.45, 2.75) is 39.5 Å². The normalized spacial score (nSPS) is 32.2. The van der Waals surface area contributed by atoms with Crippen LogP contribution in [0.1, 0.15) is 39.5 Å². The van der Waals surface area contributed by atoms with E-state index in [1.807, 2.05) is 0 Å². The van der Waals surface area contributed by atoms with Crippen molar-refractivity contribution in [3.63, 3.8) is 0 Å². The zero-order chi connectivity index (χ0) is 14.8. The van der Waals surface area contributed by atoms with Crippen LogP contribution in [0.15, 0.2) is 0 Å². The molecule has 1 saturated carbocycles. The van der Waals surface area contributed by atoms with E-state index in [9.17, 15) is 13.2 Å². The fourth-order valence-electron chi connectivity index (χ4n) is 3.41. The van der Waals surface area contributed by atoms with Crippen molar-refractivity contribution in [2.24, 2.45) is 17.8 Å². The van der Waals surface area contributed by atoms with Crippen LogP contribution in [0, 0.1) is 17.8 Å². The molecule has 5 heteroatoms. The molecule has 2 unspecified atom stereocenters. The molecule has 1 aliphatic heterocycles. The molecule has 0 aromatic rings. The second-order valence-corrected chi connectivity index (χ2v) is 9.05. The lowest BCUT2D eigenvalue weighted by Crippen LogP contribution is -2.38. The number of hydrogen-bond donors (Lipinski definition) is 0. The number of Topliss-reactive ketones (excluding diaryl/α,β-unsaturated/α-hetero) is 1. The van der Waals surface area contributed by atoms with Crippen molar-refractivity contribution in [1.82, 2.24) is 4.90 Å². The minimum atomic E-state index is -2.86. The molecule has 0 bridgehead atoms. The van der Waals surface area contributed by atoms with Crippen molar-refractivity contribution in [3.8, 4) is 0 Å². The minimum absolute atomic E-state index is 0.122. The van der Waals surface area contributed by atoms with Crippen molar-refractivity contribution in [2.75, 3.05) is 31.1 Å². The maximum Gasteiger partial charge on any atom is 0.151 e. The van der Waals surface area contributed by atoms with Gasteiger partial charge in [0.1, 0.15) is 5.78 Å². The maximum absolute atomic E-state index is 12.1. The van der Waals surface area contributed by atoms with Gasteiger partial charge in [-0.15, -0.1) is 0 Å². The van der Waals surface area contributed by atoms with Gasteiger partial charge >= 0.3 is 0 Å². The van der Waals surface area contributed by atoms with Gasteiger partial charge in [-0.2, -0.15) is 0 Å². The predicted octanol–water partition coefficient (Wildman–Crippen LogP) is 1.75. The van der Waals surface area contributed by atoms with E-state index in [1.165, 1.54) is 0 Å². The van der Waals surface area contributed by atoms with Crippen LogP contribution in [0.25, 0.3) is 0 Å². The molecule has 0 amide bonds. The van der Waals surface area contributed by atoms with Gasteiger partial charge in [0.15, 0.2) is 9.84 Å². The average Bonchev–Trinajstić information content (AvgIpc) is 2.53. The van der Waals surface area contributed by atoms with E-state index in [-0.39, 0.29) is 11.7 Å². The molecule has 2 atom stereocenters. The van der Waals surface area contributed by atoms with E-state index in [0.717, 1.165) is 25.9 Å². The minimum Gasteiger partial charge on any atom is -0.302 e. The van der Waals surface area contributed by atoms with Crippen LogP contribution in [0.5, 0.6) is 0 Å². The first-order chi connectivity index (χ1) is 9.37. The maximum atomic E-state index is 12.1. The van der Waals surface area contributed by atoms with Crippen LogP contribution in [0.2, 0.25) is 0 Å².